The molecule has 0 saturated heterocycles. The predicted octanol–water partition coefficient (Wildman–Crippen LogP) is 5.23. The van der Waals surface area contributed by atoms with Crippen molar-refractivity contribution in [2.24, 2.45) is 0 Å². The lowest BCUT2D eigenvalue weighted by Crippen LogP contribution is -1.83. The number of benzene rings is 2. The van der Waals surface area contributed by atoms with E-state index in [2.05, 4.69) is 56.3 Å². The van der Waals surface area contributed by atoms with Crippen LogP contribution in [-0.4, -0.2) is 0 Å². The van der Waals surface area contributed by atoms with Gasteiger partial charge in [-0.3, -0.25) is 0 Å². The summed E-state index contributed by atoms with van der Waals surface area (Å²) >= 11 is 0. The molecule has 0 atom stereocenters. The highest BCUT2D eigenvalue weighted by molar-refractivity contribution is 5.69. The molecular formula is C18H16O. The fraction of sp³-hybridized carbons (Fsp3) is 0.111. The molecule has 1 aromatic heterocycles. The van der Waals surface area contributed by atoms with E-state index in [-0.39, 0.29) is 0 Å². The van der Waals surface area contributed by atoms with Crippen LogP contribution in [0.1, 0.15) is 11.1 Å². The molecule has 0 aliphatic heterocycles. The van der Waals surface area contributed by atoms with Gasteiger partial charge < -0.3 is 4.42 Å². The molecule has 0 unspecified atom stereocenters. The SMILES string of the molecule is Cc1ccc(-c2ccc(-c3ccco3)cc2)cc1C. The maximum atomic E-state index is 5.40. The van der Waals surface area contributed by atoms with Crippen LogP contribution < -0.4 is 0 Å². The van der Waals surface area contributed by atoms with Crippen molar-refractivity contribution in [2.45, 2.75) is 13.8 Å². The Morgan fingerprint density at radius 2 is 1.37 bits per heavy atom. The number of hydrogen-bond donors (Lipinski definition) is 0. The van der Waals surface area contributed by atoms with Gasteiger partial charge in [-0.1, -0.05) is 42.5 Å². The first-order chi connectivity index (χ1) is 9.24. The van der Waals surface area contributed by atoms with Gasteiger partial charge in [0.25, 0.3) is 0 Å². The second-order valence-electron chi connectivity index (χ2n) is 4.85. The van der Waals surface area contributed by atoms with E-state index in [1.54, 1.807) is 6.26 Å². The minimum absolute atomic E-state index is 0.909. The Bertz CT molecular complexity index is 676. The van der Waals surface area contributed by atoms with Crippen molar-refractivity contribution in [3.05, 3.63) is 72.0 Å². The minimum Gasteiger partial charge on any atom is -0.464 e. The number of rotatable bonds is 2. The van der Waals surface area contributed by atoms with Crippen LogP contribution in [0.5, 0.6) is 0 Å². The summed E-state index contributed by atoms with van der Waals surface area (Å²) in [5.74, 6) is 0.909. The third kappa shape index (κ3) is 2.32. The molecule has 3 rings (SSSR count). The van der Waals surface area contributed by atoms with Crippen molar-refractivity contribution >= 4 is 0 Å². The first kappa shape index (κ1) is 11.8. The van der Waals surface area contributed by atoms with E-state index in [1.807, 2.05) is 12.1 Å². The lowest BCUT2D eigenvalue weighted by Gasteiger charge is -2.06. The smallest absolute Gasteiger partial charge is 0.133 e. The lowest BCUT2D eigenvalue weighted by atomic mass is 9.99. The number of aryl methyl sites for hydroxylation is 2. The molecule has 1 heteroatoms. The summed E-state index contributed by atoms with van der Waals surface area (Å²) < 4.78 is 5.40. The van der Waals surface area contributed by atoms with Gasteiger partial charge in [0.15, 0.2) is 0 Å². The van der Waals surface area contributed by atoms with Gasteiger partial charge in [0.1, 0.15) is 5.76 Å². The molecule has 1 heterocycles. The van der Waals surface area contributed by atoms with Gasteiger partial charge in [-0.2, -0.15) is 0 Å². The molecule has 3 aromatic rings. The molecule has 1 nitrogen and oxygen atoms in total. The molecule has 0 N–H and O–H groups in total. The fourth-order valence-electron chi connectivity index (χ4n) is 2.19. The fourth-order valence-corrected chi connectivity index (χ4v) is 2.19. The lowest BCUT2D eigenvalue weighted by molar-refractivity contribution is 0.582. The van der Waals surface area contributed by atoms with Crippen molar-refractivity contribution < 1.29 is 4.42 Å². The van der Waals surface area contributed by atoms with Crippen molar-refractivity contribution in [1.82, 2.24) is 0 Å². The van der Waals surface area contributed by atoms with Gasteiger partial charge in [0.2, 0.25) is 0 Å². The molecule has 94 valence electrons. The van der Waals surface area contributed by atoms with E-state index in [9.17, 15) is 0 Å². The highest BCUT2D eigenvalue weighted by Crippen LogP contribution is 2.26. The Morgan fingerprint density at radius 1 is 0.684 bits per heavy atom. The summed E-state index contributed by atoms with van der Waals surface area (Å²) in [6.45, 7) is 4.29. The third-order valence-corrected chi connectivity index (χ3v) is 3.53. The molecule has 0 amide bonds. The predicted molar refractivity (Wildman–Crippen MR) is 79.1 cm³/mol. The molecule has 0 radical (unpaired) electrons. The molecule has 0 aliphatic rings. The zero-order chi connectivity index (χ0) is 13.2. The van der Waals surface area contributed by atoms with Crippen LogP contribution >= 0.6 is 0 Å². The van der Waals surface area contributed by atoms with Gasteiger partial charge in [-0.05, 0) is 48.2 Å². The van der Waals surface area contributed by atoms with E-state index in [0.717, 1.165) is 11.3 Å². The Morgan fingerprint density at radius 3 is 2.00 bits per heavy atom. The van der Waals surface area contributed by atoms with Crippen molar-refractivity contribution in [1.29, 1.82) is 0 Å². The zero-order valence-corrected chi connectivity index (χ0v) is 11.2. The summed E-state index contributed by atoms with van der Waals surface area (Å²) in [5.41, 5.74) is 6.26. The molecule has 19 heavy (non-hydrogen) atoms. The monoisotopic (exact) mass is 248 g/mol. The third-order valence-electron chi connectivity index (χ3n) is 3.53. The molecule has 0 aliphatic carbocycles. The minimum atomic E-state index is 0.909. The van der Waals surface area contributed by atoms with Crippen molar-refractivity contribution in [3.8, 4) is 22.5 Å². The second-order valence-corrected chi connectivity index (χ2v) is 4.85. The number of furan rings is 1. The van der Waals surface area contributed by atoms with E-state index in [0.29, 0.717) is 0 Å². The van der Waals surface area contributed by atoms with Gasteiger partial charge >= 0.3 is 0 Å². The van der Waals surface area contributed by atoms with Gasteiger partial charge in [-0.25, -0.2) is 0 Å². The van der Waals surface area contributed by atoms with Crippen LogP contribution in [0.15, 0.2) is 65.3 Å². The quantitative estimate of drug-likeness (QED) is 0.605. The van der Waals surface area contributed by atoms with Crippen molar-refractivity contribution in [2.75, 3.05) is 0 Å². The molecular weight excluding hydrogens is 232 g/mol. The van der Waals surface area contributed by atoms with Crippen LogP contribution in [0.4, 0.5) is 0 Å². The first-order valence-electron chi connectivity index (χ1n) is 6.45. The van der Waals surface area contributed by atoms with Gasteiger partial charge in [-0.15, -0.1) is 0 Å². The standard InChI is InChI=1S/C18H16O/c1-13-5-6-17(12-14(13)2)15-7-9-16(10-8-15)18-4-3-11-19-18/h3-12H,1-2H3. The van der Waals surface area contributed by atoms with E-state index in [1.165, 1.54) is 22.3 Å². The largest absolute Gasteiger partial charge is 0.464 e. The van der Waals surface area contributed by atoms with E-state index < -0.39 is 0 Å². The summed E-state index contributed by atoms with van der Waals surface area (Å²) in [6.07, 6.45) is 1.70. The molecule has 2 aromatic carbocycles. The Hall–Kier alpha value is -2.28. The summed E-state index contributed by atoms with van der Waals surface area (Å²) in [7, 11) is 0. The Balaban J connectivity index is 1.96. The van der Waals surface area contributed by atoms with E-state index >= 15 is 0 Å². The summed E-state index contributed by atoms with van der Waals surface area (Å²) in [6, 6.07) is 18.9. The average molecular weight is 248 g/mol. The first-order valence-corrected chi connectivity index (χ1v) is 6.45. The van der Waals surface area contributed by atoms with Crippen LogP contribution in [0, 0.1) is 13.8 Å². The number of hydrogen-bond acceptors (Lipinski definition) is 1. The Labute approximate surface area is 113 Å². The van der Waals surface area contributed by atoms with Gasteiger partial charge in [0, 0.05) is 5.56 Å². The highest BCUT2D eigenvalue weighted by atomic mass is 16.3. The van der Waals surface area contributed by atoms with Crippen LogP contribution in [0.2, 0.25) is 0 Å². The van der Waals surface area contributed by atoms with Crippen LogP contribution in [-0.2, 0) is 0 Å². The van der Waals surface area contributed by atoms with Crippen LogP contribution in [0.3, 0.4) is 0 Å². The summed E-state index contributed by atoms with van der Waals surface area (Å²) in [5, 5.41) is 0. The Kier molecular flexibility index (Phi) is 2.96. The van der Waals surface area contributed by atoms with Gasteiger partial charge in [0.05, 0.1) is 6.26 Å². The summed E-state index contributed by atoms with van der Waals surface area (Å²) in [4.78, 5) is 0. The molecule has 0 fully saturated rings. The second kappa shape index (κ2) is 4.77. The maximum Gasteiger partial charge on any atom is 0.133 e. The highest BCUT2D eigenvalue weighted by Gasteiger charge is 2.03. The zero-order valence-electron chi connectivity index (χ0n) is 11.2. The molecule has 0 saturated carbocycles. The molecule has 0 bridgehead atoms. The normalized spacial score (nSPS) is 10.6. The molecule has 0 spiro atoms. The van der Waals surface area contributed by atoms with Crippen LogP contribution in [0.25, 0.3) is 22.5 Å². The average Bonchev–Trinajstić information content (AvgIpc) is 2.96. The maximum absolute atomic E-state index is 5.40. The topological polar surface area (TPSA) is 13.1 Å². The van der Waals surface area contributed by atoms with Crippen molar-refractivity contribution in [3.63, 3.8) is 0 Å². The van der Waals surface area contributed by atoms with E-state index in [4.69, 9.17) is 4.42 Å².